The van der Waals surface area contributed by atoms with Crippen LogP contribution in [0.2, 0.25) is 0 Å². The molecule has 0 radical (unpaired) electrons. The van der Waals surface area contributed by atoms with E-state index in [2.05, 4.69) is 0 Å². The first-order chi connectivity index (χ1) is 8.16. The summed E-state index contributed by atoms with van der Waals surface area (Å²) in [4.78, 5) is 12.0. The van der Waals surface area contributed by atoms with Crippen molar-refractivity contribution in [3.8, 4) is 0 Å². The minimum atomic E-state index is 0.124. The highest BCUT2D eigenvalue weighted by Gasteiger charge is 2.07. The van der Waals surface area contributed by atoms with E-state index in [1.165, 1.54) is 0 Å². The van der Waals surface area contributed by atoms with Crippen molar-refractivity contribution < 1.29 is 4.79 Å². The molecule has 0 unspecified atom stereocenters. The highest BCUT2D eigenvalue weighted by Crippen LogP contribution is 2.12. The van der Waals surface area contributed by atoms with Crippen molar-refractivity contribution >= 4 is 11.5 Å². The van der Waals surface area contributed by atoms with Gasteiger partial charge in [0, 0.05) is 17.7 Å². The van der Waals surface area contributed by atoms with E-state index in [1.807, 2.05) is 31.2 Å². The molecule has 0 aliphatic carbocycles. The number of Topliss-reactive ketones (excluding diaryl/α,β-unsaturated/α-hetero) is 1. The van der Waals surface area contributed by atoms with E-state index in [9.17, 15) is 4.79 Å². The molecule has 0 spiro atoms. The smallest absolute Gasteiger partial charge is 0.167 e. The van der Waals surface area contributed by atoms with Crippen LogP contribution in [0.5, 0.6) is 0 Å². The molecule has 0 atom stereocenters. The van der Waals surface area contributed by atoms with Crippen LogP contribution in [0.25, 0.3) is 0 Å². The van der Waals surface area contributed by atoms with Crippen molar-refractivity contribution in [2.45, 2.75) is 13.3 Å². The second-order valence-corrected chi connectivity index (χ2v) is 4.15. The van der Waals surface area contributed by atoms with Crippen molar-refractivity contribution in [1.82, 2.24) is 0 Å². The average Bonchev–Trinajstić information content (AvgIpc) is 2.33. The molecule has 0 amide bonds. The molecule has 2 N–H and O–H groups in total. The molecule has 2 rings (SSSR count). The zero-order valence-corrected chi connectivity index (χ0v) is 9.81. The maximum absolute atomic E-state index is 12.0. The molecule has 0 saturated heterocycles. The Kier molecular flexibility index (Phi) is 3.24. The standard InChI is InChI=1S/C15H15NO/c1-11-4-2-3-5-13(11)10-15(17)12-6-8-14(16)9-7-12/h2-9H,10,16H2,1H3. The molecule has 2 nitrogen and oxygen atoms in total. The molecule has 0 aliphatic rings. The van der Waals surface area contributed by atoms with Crippen LogP contribution in [-0.4, -0.2) is 5.78 Å². The fourth-order valence-electron chi connectivity index (χ4n) is 1.75. The number of benzene rings is 2. The zero-order valence-electron chi connectivity index (χ0n) is 9.81. The predicted octanol–water partition coefficient (Wildman–Crippen LogP) is 3.00. The molecule has 2 aromatic carbocycles. The summed E-state index contributed by atoms with van der Waals surface area (Å²) in [5.74, 6) is 0.124. The third kappa shape index (κ3) is 2.72. The van der Waals surface area contributed by atoms with E-state index in [0.717, 1.165) is 11.1 Å². The number of nitrogens with two attached hydrogens (primary N) is 1. The van der Waals surface area contributed by atoms with E-state index in [1.54, 1.807) is 24.3 Å². The number of nitrogen functional groups attached to an aromatic ring is 1. The number of hydrogen-bond acceptors (Lipinski definition) is 2. The minimum absolute atomic E-state index is 0.124. The average molecular weight is 225 g/mol. The molecule has 2 heteroatoms. The van der Waals surface area contributed by atoms with Crippen molar-refractivity contribution in [3.63, 3.8) is 0 Å². The van der Waals surface area contributed by atoms with E-state index in [0.29, 0.717) is 17.7 Å². The van der Waals surface area contributed by atoms with Crippen LogP contribution < -0.4 is 5.73 Å². The van der Waals surface area contributed by atoms with Gasteiger partial charge in [0.15, 0.2) is 5.78 Å². The number of carbonyl (C=O) groups is 1. The molecule has 0 saturated carbocycles. The van der Waals surface area contributed by atoms with E-state index < -0.39 is 0 Å². The number of carbonyl (C=O) groups excluding carboxylic acids is 1. The van der Waals surface area contributed by atoms with Crippen LogP contribution in [0.15, 0.2) is 48.5 Å². The quantitative estimate of drug-likeness (QED) is 0.644. The van der Waals surface area contributed by atoms with Crippen LogP contribution in [0.1, 0.15) is 21.5 Å². The van der Waals surface area contributed by atoms with Crippen molar-refractivity contribution in [3.05, 3.63) is 65.2 Å². The number of rotatable bonds is 3. The summed E-state index contributed by atoms with van der Waals surface area (Å²) in [6.07, 6.45) is 0.441. The molecule has 86 valence electrons. The van der Waals surface area contributed by atoms with Gasteiger partial charge in [-0.15, -0.1) is 0 Å². The topological polar surface area (TPSA) is 43.1 Å². The van der Waals surface area contributed by atoms with Gasteiger partial charge < -0.3 is 5.73 Å². The molecular weight excluding hydrogens is 210 g/mol. The lowest BCUT2D eigenvalue weighted by atomic mass is 9.99. The van der Waals surface area contributed by atoms with E-state index in [-0.39, 0.29) is 5.78 Å². The fourth-order valence-corrected chi connectivity index (χ4v) is 1.75. The van der Waals surface area contributed by atoms with Gasteiger partial charge in [-0.05, 0) is 42.3 Å². The van der Waals surface area contributed by atoms with E-state index >= 15 is 0 Å². The summed E-state index contributed by atoms with van der Waals surface area (Å²) in [7, 11) is 0. The molecule has 0 bridgehead atoms. The summed E-state index contributed by atoms with van der Waals surface area (Å²) in [5.41, 5.74) is 9.21. The lowest BCUT2D eigenvalue weighted by Gasteiger charge is -2.05. The van der Waals surface area contributed by atoms with E-state index in [4.69, 9.17) is 5.73 Å². The minimum Gasteiger partial charge on any atom is -0.399 e. The Balaban J connectivity index is 2.17. The van der Waals surface area contributed by atoms with Gasteiger partial charge in [0.2, 0.25) is 0 Å². The van der Waals surface area contributed by atoms with Gasteiger partial charge in [-0.2, -0.15) is 0 Å². The molecule has 0 aliphatic heterocycles. The Bertz CT molecular complexity index is 529. The Morgan fingerprint density at radius 2 is 1.71 bits per heavy atom. The van der Waals surface area contributed by atoms with Gasteiger partial charge in [0.1, 0.15) is 0 Å². The number of anilines is 1. The molecule has 0 heterocycles. The van der Waals surface area contributed by atoms with Gasteiger partial charge in [-0.25, -0.2) is 0 Å². The SMILES string of the molecule is Cc1ccccc1CC(=O)c1ccc(N)cc1. The fraction of sp³-hybridized carbons (Fsp3) is 0.133. The lowest BCUT2D eigenvalue weighted by molar-refractivity contribution is 0.0993. The molecule has 17 heavy (non-hydrogen) atoms. The Hall–Kier alpha value is -2.09. The summed E-state index contributed by atoms with van der Waals surface area (Å²) in [6.45, 7) is 2.02. The van der Waals surface area contributed by atoms with Gasteiger partial charge in [-0.3, -0.25) is 4.79 Å². The second-order valence-electron chi connectivity index (χ2n) is 4.15. The normalized spacial score (nSPS) is 10.2. The number of ketones is 1. The first kappa shape index (κ1) is 11.4. The molecule has 2 aromatic rings. The Labute approximate surface area is 101 Å². The summed E-state index contributed by atoms with van der Waals surface area (Å²) in [6, 6.07) is 15.0. The monoisotopic (exact) mass is 225 g/mol. The van der Waals surface area contributed by atoms with Crippen LogP contribution >= 0.6 is 0 Å². The molecule has 0 aromatic heterocycles. The van der Waals surface area contributed by atoms with Crippen molar-refractivity contribution in [2.75, 3.05) is 5.73 Å². The zero-order chi connectivity index (χ0) is 12.3. The maximum atomic E-state index is 12.0. The second kappa shape index (κ2) is 4.83. The first-order valence-electron chi connectivity index (χ1n) is 5.60. The maximum Gasteiger partial charge on any atom is 0.167 e. The van der Waals surface area contributed by atoms with Crippen LogP contribution in [0.4, 0.5) is 5.69 Å². The van der Waals surface area contributed by atoms with Gasteiger partial charge in [-0.1, -0.05) is 24.3 Å². The third-order valence-corrected chi connectivity index (χ3v) is 2.84. The van der Waals surface area contributed by atoms with Crippen molar-refractivity contribution in [2.24, 2.45) is 0 Å². The highest BCUT2D eigenvalue weighted by molar-refractivity contribution is 5.97. The number of hydrogen-bond donors (Lipinski definition) is 1. The van der Waals surface area contributed by atoms with Crippen LogP contribution in [0.3, 0.4) is 0 Å². The number of aryl methyl sites for hydroxylation is 1. The largest absolute Gasteiger partial charge is 0.399 e. The van der Waals surface area contributed by atoms with Gasteiger partial charge in [0.25, 0.3) is 0 Å². The van der Waals surface area contributed by atoms with Crippen molar-refractivity contribution in [1.29, 1.82) is 0 Å². The highest BCUT2D eigenvalue weighted by atomic mass is 16.1. The van der Waals surface area contributed by atoms with Crippen LogP contribution in [0, 0.1) is 6.92 Å². The third-order valence-electron chi connectivity index (χ3n) is 2.84. The molecule has 0 fully saturated rings. The molecular formula is C15H15NO. The predicted molar refractivity (Wildman–Crippen MR) is 70.1 cm³/mol. The van der Waals surface area contributed by atoms with Gasteiger partial charge in [0.05, 0.1) is 0 Å². The summed E-state index contributed by atoms with van der Waals surface area (Å²) < 4.78 is 0. The van der Waals surface area contributed by atoms with Gasteiger partial charge >= 0.3 is 0 Å². The lowest BCUT2D eigenvalue weighted by Crippen LogP contribution is -2.04. The summed E-state index contributed by atoms with van der Waals surface area (Å²) in [5, 5.41) is 0. The van der Waals surface area contributed by atoms with Crippen LogP contribution in [-0.2, 0) is 6.42 Å². The Morgan fingerprint density at radius 3 is 2.35 bits per heavy atom. The first-order valence-corrected chi connectivity index (χ1v) is 5.60. The summed E-state index contributed by atoms with van der Waals surface area (Å²) >= 11 is 0. The Morgan fingerprint density at radius 1 is 1.06 bits per heavy atom.